The van der Waals surface area contributed by atoms with Crippen molar-refractivity contribution in [2.45, 2.75) is 70.9 Å². The number of ether oxygens (including phenoxy) is 1. The van der Waals surface area contributed by atoms with E-state index in [1.165, 1.54) is 19.4 Å². The van der Waals surface area contributed by atoms with Crippen LogP contribution in [0.2, 0.25) is 0 Å². The molecule has 0 aromatic heterocycles. The highest BCUT2D eigenvalue weighted by Crippen LogP contribution is 2.35. The predicted octanol–water partition coefficient (Wildman–Crippen LogP) is 1.97. The van der Waals surface area contributed by atoms with Crippen LogP contribution in [0.3, 0.4) is 0 Å². The topological polar surface area (TPSA) is 24.5 Å². The molecular formula is C13H26N2O. The summed E-state index contributed by atoms with van der Waals surface area (Å²) in [6.07, 6.45) is 2.54. The summed E-state index contributed by atoms with van der Waals surface area (Å²) in [6, 6.07) is 1.13. The summed E-state index contributed by atoms with van der Waals surface area (Å²) in [5.41, 5.74) is -0.190. The van der Waals surface area contributed by atoms with E-state index in [9.17, 15) is 0 Å². The third kappa shape index (κ3) is 2.13. The predicted molar refractivity (Wildman–Crippen MR) is 66.4 cm³/mol. The first-order valence-electron chi connectivity index (χ1n) is 6.55. The van der Waals surface area contributed by atoms with Crippen LogP contribution in [0.25, 0.3) is 0 Å². The molecule has 0 radical (unpaired) electrons. The molecule has 3 nitrogen and oxygen atoms in total. The normalized spacial score (nSPS) is 39.8. The van der Waals surface area contributed by atoms with Crippen LogP contribution in [0, 0.1) is 0 Å². The second-order valence-corrected chi connectivity index (χ2v) is 6.31. The molecule has 2 heterocycles. The first kappa shape index (κ1) is 12.3. The Morgan fingerprint density at radius 1 is 1.31 bits per heavy atom. The summed E-state index contributed by atoms with van der Waals surface area (Å²) in [4.78, 5) is 2.58. The Morgan fingerprint density at radius 3 is 2.50 bits per heavy atom. The highest BCUT2D eigenvalue weighted by molar-refractivity contribution is 5.00. The van der Waals surface area contributed by atoms with Crippen LogP contribution in [0.1, 0.15) is 47.5 Å². The fourth-order valence-electron chi connectivity index (χ4n) is 3.22. The van der Waals surface area contributed by atoms with Gasteiger partial charge in [-0.15, -0.1) is 0 Å². The molecule has 2 aliphatic heterocycles. The molecule has 16 heavy (non-hydrogen) atoms. The molecule has 0 saturated carbocycles. The molecule has 94 valence electrons. The maximum Gasteiger partial charge on any atom is 0.132 e. The van der Waals surface area contributed by atoms with Crippen molar-refractivity contribution in [3.63, 3.8) is 0 Å². The highest BCUT2D eigenvalue weighted by Gasteiger charge is 2.49. The Labute approximate surface area is 99.5 Å². The maximum atomic E-state index is 6.25. The smallest absolute Gasteiger partial charge is 0.132 e. The van der Waals surface area contributed by atoms with Gasteiger partial charge in [0.25, 0.3) is 0 Å². The third-order valence-electron chi connectivity index (χ3n) is 3.95. The third-order valence-corrected chi connectivity index (χ3v) is 3.95. The maximum absolute atomic E-state index is 6.25. The first-order chi connectivity index (χ1) is 7.34. The van der Waals surface area contributed by atoms with Crippen LogP contribution in [-0.2, 0) is 4.74 Å². The van der Waals surface area contributed by atoms with Crippen LogP contribution < -0.4 is 5.32 Å². The number of nitrogens with one attached hydrogen (secondary N) is 1. The summed E-state index contributed by atoms with van der Waals surface area (Å²) < 4.78 is 6.25. The minimum atomic E-state index is -0.162. The van der Waals surface area contributed by atoms with Gasteiger partial charge in [-0.05, 0) is 54.0 Å². The fourth-order valence-corrected chi connectivity index (χ4v) is 3.22. The van der Waals surface area contributed by atoms with E-state index in [1.807, 2.05) is 0 Å². The van der Waals surface area contributed by atoms with E-state index < -0.39 is 0 Å². The van der Waals surface area contributed by atoms with Crippen molar-refractivity contribution < 1.29 is 4.74 Å². The van der Waals surface area contributed by atoms with Crippen LogP contribution >= 0.6 is 0 Å². The van der Waals surface area contributed by atoms with E-state index in [4.69, 9.17) is 4.74 Å². The average Bonchev–Trinajstić information content (AvgIpc) is 2.71. The summed E-state index contributed by atoms with van der Waals surface area (Å²) in [5.74, 6) is 0. The lowest BCUT2D eigenvalue weighted by Gasteiger charge is -2.40. The molecule has 0 aromatic carbocycles. The largest absolute Gasteiger partial charge is 0.352 e. The van der Waals surface area contributed by atoms with Crippen molar-refractivity contribution >= 4 is 0 Å². The van der Waals surface area contributed by atoms with E-state index in [0.29, 0.717) is 12.1 Å². The molecule has 0 amide bonds. The van der Waals surface area contributed by atoms with Crippen LogP contribution in [0.4, 0.5) is 0 Å². The van der Waals surface area contributed by atoms with E-state index >= 15 is 0 Å². The number of nitrogens with zero attached hydrogens (tertiary/aromatic N) is 1. The molecule has 3 heteroatoms. The average molecular weight is 226 g/mol. The molecular weight excluding hydrogens is 200 g/mol. The molecule has 2 unspecified atom stereocenters. The van der Waals surface area contributed by atoms with Gasteiger partial charge in [0, 0.05) is 12.6 Å². The van der Waals surface area contributed by atoms with Crippen molar-refractivity contribution in [1.29, 1.82) is 0 Å². The van der Waals surface area contributed by atoms with Crippen LogP contribution in [0.5, 0.6) is 0 Å². The first-order valence-corrected chi connectivity index (χ1v) is 6.55. The van der Waals surface area contributed by atoms with Crippen molar-refractivity contribution in [3.8, 4) is 0 Å². The lowest BCUT2D eigenvalue weighted by atomic mass is 10.0. The van der Waals surface area contributed by atoms with Gasteiger partial charge < -0.3 is 4.74 Å². The van der Waals surface area contributed by atoms with E-state index in [-0.39, 0.29) is 11.3 Å². The Balaban J connectivity index is 2.12. The molecule has 0 aliphatic carbocycles. The zero-order valence-electron chi connectivity index (χ0n) is 11.3. The molecule has 2 saturated heterocycles. The van der Waals surface area contributed by atoms with Crippen molar-refractivity contribution in [2.75, 3.05) is 13.1 Å². The quantitative estimate of drug-likeness (QED) is 0.779. The second kappa shape index (κ2) is 3.97. The van der Waals surface area contributed by atoms with Crippen molar-refractivity contribution in [3.05, 3.63) is 0 Å². The second-order valence-electron chi connectivity index (χ2n) is 6.31. The molecule has 0 aromatic rings. The monoisotopic (exact) mass is 226 g/mol. The van der Waals surface area contributed by atoms with Gasteiger partial charge in [0.05, 0.1) is 11.6 Å². The molecule has 1 N–H and O–H groups in total. The van der Waals surface area contributed by atoms with Gasteiger partial charge in [0.15, 0.2) is 0 Å². The van der Waals surface area contributed by atoms with Crippen molar-refractivity contribution in [2.24, 2.45) is 0 Å². The summed E-state index contributed by atoms with van der Waals surface area (Å²) in [6.45, 7) is 13.3. The number of hydrogen-bond donors (Lipinski definition) is 1. The van der Waals surface area contributed by atoms with Crippen LogP contribution in [0.15, 0.2) is 0 Å². The number of hydrogen-bond acceptors (Lipinski definition) is 3. The molecule has 2 atom stereocenters. The summed E-state index contributed by atoms with van der Waals surface area (Å²) in [7, 11) is 0. The summed E-state index contributed by atoms with van der Waals surface area (Å²) >= 11 is 0. The zero-order chi connectivity index (χ0) is 12.0. The summed E-state index contributed by atoms with van der Waals surface area (Å²) in [5, 5.41) is 3.59. The zero-order valence-corrected chi connectivity index (χ0v) is 11.3. The number of rotatable bonds is 2. The Kier molecular flexibility index (Phi) is 3.06. The lowest BCUT2D eigenvalue weighted by molar-refractivity contribution is -0.120. The molecule has 2 rings (SSSR count). The lowest BCUT2D eigenvalue weighted by Crippen LogP contribution is -2.56. The standard InChI is InChI=1S/C13H26N2O/c1-10(2)15-8-6-7-11(15)13(5)14-9-12(3,4)16-13/h10-11,14H,6-9H2,1-5H3. The van der Waals surface area contributed by atoms with Gasteiger partial charge >= 0.3 is 0 Å². The minimum absolute atomic E-state index is 0.0278. The Hall–Kier alpha value is -0.120. The highest BCUT2D eigenvalue weighted by atomic mass is 16.5. The van der Waals surface area contributed by atoms with E-state index in [2.05, 4.69) is 44.8 Å². The molecule has 2 aliphatic rings. The Bertz CT molecular complexity index is 265. The van der Waals surface area contributed by atoms with Crippen molar-refractivity contribution in [1.82, 2.24) is 10.2 Å². The van der Waals surface area contributed by atoms with Gasteiger partial charge in [-0.1, -0.05) is 0 Å². The molecule has 2 fully saturated rings. The SMILES string of the molecule is CC(C)N1CCCC1C1(C)NCC(C)(C)O1. The van der Waals surface area contributed by atoms with Crippen LogP contribution in [-0.4, -0.2) is 41.4 Å². The van der Waals surface area contributed by atoms with Gasteiger partial charge in [0.2, 0.25) is 0 Å². The van der Waals surface area contributed by atoms with E-state index in [0.717, 1.165) is 6.54 Å². The number of likely N-dealkylation sites (tertiary alicyclic amines) is 1. The van der Waals surface area contributed by atoms with Gasteiger partial charge in [-0.25, -0.2) is 0 Å². The molecule has 0 bridgehead atoms. The Morgan fingerprint density at radius 2 is 2.00 bits per heavy atom. The van der Waals surface area contributed by atoms with Gasteiger partial charge in [0.1, 0.15) is 5.72 Å². The van der Waals surface area contributed by atoms with E-state index in [1.54, 1.807) is 0 Å². The fraction of sp³-hybridized carbons (Fsp3) is 1.00. The van der Waals surface area contributed by atoms with Gasteiger partial charge in [-0.2, -0.15) is 0 Å². The molecule has 0 spiro atoms. The minimum Gasteiger partial charge on any atom is -0.352 e. The van der Waals surface area contributed by atoms with Gasteiger partial charge in [-0.3, -0.25) is 10.2 Å².